The summed E-state index contributed by atoms with van der Waals surface area (Å²) in [7, 11) is 0. The van der Waals surface area contributed by atoms with Crippen molar-refractivity contribution in [1.82, 2.24) is 5.48 Å². The lowest BCUT2D eigenvalue weighted by Crippen LogP contribution is -2.52. The fraction of sp³-hybridized carbons (Fsp3) is 0.960. The molecule has 4 rings (SSSR count). The summed E-state index contributed by atoms with van der Waals surface area (Å²) in [5.74, 6) is 4.61. The van der Waals surface area contributed by atoms with Gasteiger partial charge in [-0.25, -0.2) is 5.48 Å². The molecule has 7 atom stereocenters. The van der Waals surface area contributed by atoms with Gasteiger partial charge in [0.05, 0.1) is 13.2 Å². The monoisotopic (exact) mass is 405 g/mol. The highest BCUT2D eigenvalue weighted by Gasteiger charge is 2.59. The van der Waals surface area contributed by atoms with E-state index in [4.69, 9.17) is 9.94 Å². The third kappa shape index (κ3) is 4.01. The minimum Gasteiger partial charge on any atom is -0.394 e. The Balaban J connectivity index is 1.34. The molecule has 0 aromatic rings. The number of aliphatic hydroxyl groups excluding tert-OH is 1. The van der Waals surface area contributed by atoms with Crippen LogP contribution in [0.25, 0.3) is 0 Å². The molecule has 0 aromatic heterocycles. The maximum atomic E-state index is 11.9. The number of rotatable bonds is 7. The van der Waals surface area contributed by atoms with Crippen molar-refractivity contribution in [1.29, 1.82) is 0 Å². The second-order valence-corrected chi connectivity index (χ2v) is 11.2. The molecule has 0 spiro atoms. The summed E-state index contributed by atoms with van der Waals surface area (Å²) in [6, 6.07) is 0. The highest BCUT2D eigenvalue weighted by atomic mass is 16.7. The molecule has 4 aliphatic rings. The predicted octanol–water partition coefficient (Wildman–Crippen LogP) is 5.25. The number of nitrogens with one attached hydrogen (secondary N) is 1. The summed E-state index contributed by atoms with van der Waals surface area (Å²) < 4.78 is 0. The molecule has 2 N–H and O–H groups in total. The van der Waals surface area contributed by atoms with E-state index < -0.39 is 0 Å². The zero-order chi connectivity index (χ0) is 20.5. The smallest absolute Gasteiger partial charge is 0.243 e. The molecule has 29 heavy (non-hydrogen) atoms. The van der Waals surface area contributed by atoms with Crippen LogP contribution in [0.2, 0.25) is 0 Å². The number of fused-ring (bicyclic) bond motifs is 5. The molecule has 0 aliphatic heterocycles. The summed E-state index contributed by atoms with van der Waals surface area (Å²) in [5, 5.41) is 8.72. The van der Waals surface area contributed by atoms with Crippen molar-refractivity contribution in [2.45, 2.75) is 97.3 Å². The van der Waals surface area contributed by atoms with E-state index in [1.165, 1.54) is 70.6 Å². The minimum absolute atomic E-state index is 0.0506. The lowest BCUT2D eigenvalue weighted by molar-refractivity contribution is -0.134. The molecule has 0 bridgehead atoms. The maximum absolute atomic E-state index is 11.9. The van der Waals surface area contributed by atoms with Crippen molar-refractivity contribution in [2.75, 3.05) is 13.2 Å². The van der Waals surface area contributed by atoms with Gasteiger partial charge in [-0.15, -0.1) is 0 Å². The van der Waals surface area contributed by atoms with Crippen LogP contribution in [0.1, 0.15) is 97.3 Å². The molecule has 166 valence electrons. The third-order valence-electron chi connectivity index (χ3n) is 10.1. The quantitative estimate of drug-likeness (QED) is 0.449. The van der Waals surface area contributed by atoms with Crippen LogP contribution in [-0.2, 0) is 9.63 Å². The van der Waals surface area contributed by atoms with E-state index in [0.29, 0.717) is 17.3 Å². The van der Waals surface area contributed by atoms with Crippen molar-refractivity contribution in [3.05, 3.63) is 0 Å². The van der Waals surface area contributed by atoms with Gasteiger partial charge in [0.15, 0.2) is 0 Å². The summed E-state index contributed by atoms with van der Waals surface area (Å²) >= 11 is 0. The van der Waals surface area contributed by atoms with Gasteiger partial charge >= 0.3 is 0 Å². The van der Waals surface area contributed by atoms with E-state index in [0.717, 1.165) is 36.0 Å². The highest BCUT2D eigenvalue weighted by Crippen LogP contribution is 2.67. The van der Waals surface area contributed by atoms with E-state index in [1.807, 2.05) is 0 Å². The van der Waals surface area contributed by atoms with E-state index in [1.54, 1.807) is 0 Å². The standard InChI is InChI=1S/C25H43NO3/c1-24-14-4-3-6-18(24)9-11-20-21-12-10-19(25(21,2)15-13-22(20)24)7-5-8-23(28)26-29-17-16-27/h18-22,27H,3-17H2,1-2H3,(H,26,28). The summed E-state index contributed by atoms with van der Waals surface area (Å²) in [6.07, 6.45) is 17.2. The number of hydrogen-bond donors (Lipinski definition) is 2. The van der Waals surface area contributed by atoms with Crippen LogP contribution in [0.5, 0.6) is 0 Å². The van der Waals surface area contributed by atoms with E-state index in [2.05, 4.69) is 19.3 Å². The van der Waals surface area contributed by atoms with Gasteiger partial charge < -0.3 is 5.11 Å². The van der Waals surface area contributed by atoms with E-state index in [9.17, 15) is 4.79 Å². The van der Waals surface area contributed by atoms with Crippen molar-refractivity contribution in [2.24, 2.45) is 40.4 Å². The van der Waals surface area contributed by atoms with Gasteiger partial charge in [0.25, 0.3) is 0 Å². The first-order valence-corrected chi connectivity index (χ1v) is 12.5. The Kier molecular flexibility index (Phi) is 6.61. The van der Waals surface area contributed by atoms with Gasteiger partial charge in [0.1, 0.15) is 0 Å². The Bertz CT molecular complexity index is 580. The van der Waals surface area contributed by atoms with E-state index >= 15 is 0 Å². The molecule has 0 aromatic carbocycles. The molecular formula is C25H43NO3. The Hall–Kier alpha value is -0.610. The number of carbonyl (C=O) groups is 1. The molecule has 0 radical (unpaired) electrons. The van der Waals surface area contributed by atoms with Gasteiger partial charge in [-0.05, 0) is 105 Å². The molecule has 4 aliphatic carbocycles. The lowest BCUT2D eigenvalue weighted by Gasteiger charge is -2.60. The molecule has 0 saturated heterocycles. The van der Waals surface area contributed by atoms with Crippen LogP contribution in [0.4, 0.5) is 0 Å². The average Bonchev–Trinajstić information content (AvgIpc) is 3.04. The number of hydroxylamine groups is 1. The summed E-state index contributed by atoms with van der Waals surface area (Å²) in [4.78, 5) is 16.8. The normalized spacial score (nSPS) is 43.9. The van der Waals surface area contributed by atoms with Gasteiger partial charge in [-0.3, -0.25) is 9.63 Å². The summed E-state index contributed by atoms with van der Waals surface area (Å²) in [6.45, 7) is 5.37. The number of hydrogen-bond acceptors (Lipinski definition) is 3. The minimum atomic E-state index is -0.0654. The van der Waals surface area contributed by atoms with Crippen molar-refractivity contribution in [3.63, 3.8) is 0 Å². The van der Waals surface area contributed by atoms with Crippen LogP contribution >= 0.6 is 0 Å². The lowest BCUT2D eigenvalue weighted by atomic mass is 9.45. The maximum Gasteiger partial charge on any atom is 0.243 e. The molecule has 4 heteroatoms. The number of amides is 1. The van der Waals surface area contributed by atoms with E-state index in [-0.39, 0.29) is 19.1 Å². The Morgan fingerprint density at radius 2 is 1.83 bits per heavy atom. The Labute approximate surface area is 177 Å². The SMILES string of the molecule is CC12CCCCC1CCC1C2CCC2(C)C(CCCC(=O)NOCCO)CCC12. The fourth-order valence-corrected chi connectivity index (χ4v) is 8.62. The first kappa shape index (κ1) is 21.6. The van der Waals surface area contributed by atoms with Gasteiger partial charge in [0, 0.05) is 6.42 Å². The molecule has 4 nitrogen and oxygen atoms in total. The first-order chi connectivity index (χ1) is 14.0. The second-order valence-electron chi connectivity index (χ2n) is 11.2. The van der Waals surface area contributed by atoms with Crippen molar-refractivity contribution >= 4 is 5.91 Å². The molecule has 7 unspecified atom stereocenters. The molecule has 0 heterocycles. The molecule has 4 saturated carbocycles. The highest BCUT2D eigenvalue weighted by molar-refractivity contribution is 5.74. The zero-order valence-corrected chi connectivity index (χ0v) is 18.8. The predicted molar refractivity (Wildman–Crippen MR) is 115 cm³/mol. The molecule has 4 fully saturated rings. The van der Waals surface area contributed by atoms with Crippen LogP contribution in [0.15, 0.2) is 0 Å². The largest absolute Gasteiger partial charge is 0.394 e. The average molecular weight is 406 g/mol. The van der Waals surface area contributed by atoms with Gasteiger partial charge in [-0.2, -0.15) is 0 Å². The van der Waals surface area contributed by atoms with Gasteiger partial charge in [0.2, 0.25) is 5.91 Å². The molecular weight excluding hydrogens is 362 g/mol. The zero-order valence-electron chi connectivity index (χ0n) is 18.8. The first-order valence-electron chi connectivity index (χ1n) is 12.5. The number of aliphatic hydroxyl groups is 1. The Morgan fingerprint density at radius 3 is 2.66 bits per heavy atom. The van der Waals surface area contributed by atoms with Crippen LogP contribution in [-0.4, -0.2) is 24.2 Å². The third-order valence-corrected chi connectivity index (χ3v) is 10.1. The van der Waals surface area contributed by atoms with Crippen LogP contribution < -0.4 is 5.48 Å². The number of carbonyl (C=O) groups excluding carboxylic acids is 1. The molecule has 1 amide bonds. The Morgan fingerprint density at radius 1 is 1.00 bits per heavy atom. The van der Waals surface area contributed by atoms with Crippen molar-refractivity contribution < 1.29 is 14.7 Å². The fourth-order valence-electron chi connectivity index (χ4n) is 8.62. The topological polar surface area (TPSA) is 58.6 Å². The van der Waals surface area contributed by atoms with Gasteiger partial charge in [-0.1, -0.05) is 26.7 Å². The summed E-state index contributed by atoms with van der Waals surface area (Å²) in [5.41, 5.74) is 3.58. The van der Waals surface area contributed by atoms with Crippen molar-refractivity contribution in [3.8, 4) is 0 Å². The van der Waals surface area contributed by atoms with Crippen LogP contribution in [0.3, 0.4) is 0 Å². The van der Waals surface area contributed by atoms with Crippen LogP contribution in [0, 0.1) is 40.4 Å². The second kappa shape index (κ2) is 8.86.